The molecule has 1 aliphatic carbocycles. The standard InChI is InChI=1S/C19H13F7N/c1-16-5-6-17(16,2)27-9-14(19(24,25)26)13(18(21,22)23)8-15(27)11-4-3-10(20)7-12(11)16/h3-9H,1-2H3/q+1. The van der Waals surface area contributed by atoms with Crippen molar-refractivity contribution in [2.75, 3.05) is 0 Å². The highest BCUT2D eigenvalue weighted by atomic mass is 19.4. The van der Waals surface area contributed by atoms with E-state index in [1.165, 1.54) is 16.7 Å². The van der Waals surface area contributed by atoms with Crippen molar-refractivity contribution in [1.29, 1.82) is 0 Å². The van der Waals surface area contributed by atoms with Gasteiger partial charge in [0.25, 0.3) is 0 Å². The monoisotopic (exact) mass is 388 g/mol. The molecule has 0 spiro atoms. The molecule has 1 nitrogen and oxygen atoms in total. The van der Waals surface area contributed by atoms with Crippen LogP contribution in [-0.4, -0.2) is 0 Å². The van der Waals surface area contributed by atoms with Crippen LogP contribution in [0.4, 0.5) is 30.7 Å². The third-order valence-electron chi connectivity index (χ3n) is 5.81. The number of hydrogen-bond acceptors (Lipinski definition) is 0. The van der Waals surface area contributed by atoms with E-state index < -0.39 is 40.3 Å². The summed E-state index contributed by atoms with van der Waals surface area (Å²) in [5.41, 5.74) is -4.70. The van der Waals surface area contributed by atoms with Crippen molar-refractivity contribution in [3.8, 4) is 11.3 Å². The van der Waals surface area contributed by atoms with Gasteiger partial charge in [-0.15, -0.1) is 0 Å². The van der Waals surface area contributed by atoms with Crippen LogP contribution in [0.5, 0.6) is 0 Å². The molecule has 0 fully saturated rings. The van der Waals surface area contributed by atoms with Crippen LogP contribution >= 0.6 is 0 Å². The predicted molar refractivity (Wildman–Crippen MR) is 82.2 cm³/mol. The molecule has 4 rings (SSSR count). The van der Waals surface area contributed by atoms with E-state index in [4.69, 9.17) is 0 Å². The largest absolute Gasteiger partial charge is 0.422 e. The summed E-state index contributed by atoms with van der Waals surface area (Å²) in [6, 6.07) is 4.13. The quantitative estimate of drug-likeness (QED) is 0.324. The van der Waals surface area contributed by atoms with Gasteiger partial charge in [-0.1, -0.05) is 6.08 Å². The number of pyridine rings is 1. The average molecular weight is 388 g/mol. The molecule has 8 heteroatoms. The van der Waals surface area contributed by atoms with Crippen LogP contribution in [0.2, 0.25) is 0 Å². The Hall–Kier alpha value is -2.38. The van der Waals surface area contributed by atoms with Gasteiger partial charge in [0.05, 0.1) is 16.5 Å². The zero-order valence-corrected chi connectivity index (χ0v) is 14.1. The van der Waals surface area contributed by atoms with E-state index in [0.717, 1.165) is 6.07 Å². The van der Waals surface area contributed by atoms with Crippen molar-refractivity contribution in [3.05, 3.63) is 65.1 Å². The maximum Gasteiger partial charge on any atom is 0.422 e. The zero-order valence-electron chi connectivity index (χ0n) is 14.1. The fourth-order valence-corrected chi connectivity index (χ4v) is 4.04. The van der Waals surface area contributed by atoms with E-state index >= 15 is 0 Å². The third kappa shape index (κ3) is 2.21. The second kappa shape index (κ2) is 4.91. The number of benzene rings is 1. The summed E-state index contributed by atoms with van der Waals surface area (Å²) in [4.78, 5) is 0. The smallest absolute Gasteiger partial charge is 0.207 e. The summed E-state index contributed by atoms with van der Waals surface area (Å²) in [6.45, 7) is 3.35. The van der Waals surface area contributed by atoms with Gasteiger partial charge in [0, 0.05) is 13.0 Å². The number of nitrogens with zero attached hydrogens (tertiary/aromatic N) is 1. The van der Waals surface area contributed by atoms with E-state index in [1.807, 2.05) is 0 Å². The van der Waals surface area contributed by atoms with Crippen LogP contribution < -0.4 is 4.57 Å². The summed E-state index contributed by atoms with van der Waals surface area (Å²) >= 11 is 0. The van der Waals surface area contributed by atoms with Gasteiger partial charge in [0.1, 0.15) is 11.4 Å². The van der Waals surface area contributed by atoms with Crippen molar-refractivity contribution < 1.29 is 35.3 Å². The van der Waals surface area contributed by atoms with Gasteiger partial charge in [-0.05, 0) is 36.8 Å². The second-order valence-electron chi connectivity index (χ2n) is 7.22. The lowest BCUT2D eigenvalue weighted by Gasteiger charge is -2.49. The van der Waals surface area contributed by atoms with E-state index in [1.54, 1.807) is 26.0 Å². The highest BCUT2D eigenvalue weighted by Crippen LogP contribution is 2.54. The molecule has 0 N–H and O–H groups in total. The highest BCUT2D eigenvalue weighted by Gasteiger charge is 2.62. The van der Waals surface area contributed by atoms with Crippen molar-refractivity contribution in [2.24, 2.45) is 0 Å². The molecule has 2 aromatic rings. The van der Waals surface area contributed by atoms with Gasteiger partial charge in [-0.3, -0.25) is 0 Å². The molecule has 0 amide bonds. The molecule has 142 valence electrons. The van der Waals surface area contributed by atoms with E-state index in [2.05, 4.69) is 0 Å². The van der Waals surface area contributed by atoms with Crippen molar-refractivity contribution in [1.82, 2.24) is 0 Å². The normalized spacial score (nSPS) is 26.1. The summed E-state index contributed by atoms with van der Waals surface area (Å²) in [7, 11) is 0. The van der Waals surface area contributed by atoms with Gasteiger partial charge in [0.2, 0.25) is 5.69 Å². The maximum atomic E-state index is 13.8. The molecule has 0 bridgehead atoms. The molecule has 0 saturated heterocycles. The summed E-state index contributed by atoms with van der Waals surface area (Å²) < 4.78 is 95.3. The summed E-state index contributed by atoms with van der Waals surface area (Å²) in [5.74, 6) is -0.561. The van der Waals surface area contributed by atoms with Crippen molar-refractivity contribution in [3.63, 3.8) is 0 Å². The van der Waals surface area contributed by atoms with Crippen LogP contribution in [0.25, 0.3) is 11.3 Å². The molecule has 0 saturated carbocycles. The molecule has 2 atom stereocenters. The maximum absolute atomic E-state index is 13.8. The molecular weight excluding hydrogens is 375 g/mol. The Morgan fingerprint density at radius 2 is 1.48 bits per heavy atom. The van der Waals surface area contributed by atoms with Crippen LogP contribution in [0.1, 0.15) is 30.5 Å². The Balaban J connectivity index is 2.13. The lowest BCUT2D eigenvalue weighted by atomic mass is 9.56. The molecule has 1 aromatic carbocycles. The Kier molecular flexibility index (Phi) is 3.27. The first kappa shape index (κ1) is 18.0. The minimum Gasteiger partial charge on any atom is -0.207 e. The number of hydrogen-bond donors (Lipinski definition) is 0. The molecular formula is C19H13F7N+. The van der Waals surface area contributed by atoms with Crippen LogP contribution in [-0.2, 0) is 23.3 Å². The Labute approximate surface area is 149 Å². The van der Waals surface area contributed by atoms with E-state index in [9.17, 15) is 30.7 Å². The van der Waals surface area contributed by atoms with Crippen molar-refractivity contribution >= 4 is 0 Å². The Morgan fingerprint density at radius 3 is 2.00 bits per heavy atom. The first-order valence-electron chi connectivity index (χ1n) is 8.04. The number of halogens is 7. The fourth-order valence-electron chi connectivity index (χ4n) is 4.04. The molecule has 0 radical (unpaired) electrons. The van der Waals surface area contributed by atoms with E-state index in [-0.39, 0.29) is 11.3 Å². The fraction of sp³-hybridized carbons (Fsp3) is 0.316. The minimum atomic E-state index is -5.18. The van der Waals surface area contributed by atoms with Gasteiger partial charge >= 0.3 is 12.4 Å². The van der Waals surface area contributed by atoms with E-state index in [0.29, 0.717) is 17.8 Å². The van der Waals surface area contributed by atoms with Crippen molar-refractivity contribution in [2.45, 2.75) is 37.2 Å². The summed E-state index contributed by atoms with van der Waals surface area (Å²) in [6.07, 6.45) is -6.48. The van der Waals surface area contributed by atoms with Gasteiger partial charge in [-0.25, -0.2) is 4.39 Å². The van der Waals surface area contributed by atoms with Crippen LogP contribution in [0.3, 0.4) is 0 Å². The average Bonchev–Trinajstić information content (AvgIpc) is 2.55. The van der Waals surface area contributed by atoms with Gasteiger partial charge in [0.15, 0.2) is 11.7 Å². The molecule has 2 aliphatic rings. The SMILES string of the molecule is CC12C=CC1(C)[n+]1cc(C(F)(F)F)c(C(F)(F)F)cc1-c1ccc(F)cc12. The van der Waals surface area contributed by atoms with Gasteiger partial charge in [-0.2, -0.15) is 30.9 Å². The topological polar surface area (TPSA) is 3.88 Å². The molecule has 2 unspecified atom stereocenters. The third-order valence-corrected chi connectivity index (χ3v) is 5.81. The first-order valence-corrected chi connectivity index (χ1v) is 8.04. The Bertz CT molecular complexity index is 1000. The molecule has 27 heavy (non-hydrogen) atoms. The molecule has 1 aliphatic heterocycles. The number of rotatable bonds is 0. The lowest BCUT2D eigenvalue weighted by Crippen LogP contribution is -2.70. The minimum absolute atomic E-state index is 0.0327. The number of fused-ring (bicyclic) bond motifs is 6. The number of allylic oxidation sites excluding steroid dienone is 2. The predicted octanol–water partition coefficient (Wildman–Crippen LogP) is 5.37. The van der Waals surface area contributed by atoms with Gasteiger partial charge < -0.3 is 0 Å². The second-order valence-corrected chi connectivity index (χ2v) is 7.22. The van der Waals surface area contributed by atoms with Crippen LogP contribution in [0, 0.1) is 5.82 Å². The highest BCUT2D eigenvalue weighted by molar-refractivity contribution is 5.69. The lowest BCUT2D eigenvalue weighted by molar-refractivity contribution is -0.754. The van der Waals surface area contributed by atoms with Crippen LogP contribution in [0.15, 0.2) is 42.6 Å². The number of aromatic nitrogens is 1. The summed E-state index contributed by atoms with van der Waals surface area (Å²) in [5, 5.41) is 0. The molecule has 1 aromatic heterocycles. The Morgan fingerprint density at radius 1 is 0.852 bits per heavy atom. The first-order chi connectivity index (χ1) is 12.3. The zero-order chi connectivity index (χ0) is 20.0. The molecule has 2 heterocycles. The number of alkyl halides is 6.